The molecule has 1 saturated heterocycles. The van der Waals surface area contributed by atoms with E-state index >= 15 is 0 Å². The Labute approximate surface area is 197 Å². The van der Waals surface area contributed by atoms with E-state index in [4.69, 9.17) is 4.42 Å². The zero-order valence-electron chi connectivity index (χ0n) is 19.2. The van der Waals surface area contributed by atoms with E-state index in [1.165, 1.54) is 32.3 Å². The Hall–Kier alpha value is -3.45. The van der Waals surface area contributed by atoms with Crippen LogP contribution in [0.3, 0.4) is 0 Å². The number of furan rings is 1. The average Bonchev–Trinajstić information content (AvgIpc) is 3.54. The molecule has 1 aliphatic heterocycles. The standard InChI is InChI=1S/C21H27N7O5S/c1-14-18(12-24-26(14)2)34(31,32)28-8-4-6-15(13-28)20(29)25-17-11-23-27(3)19(17)21(30)22-10-16-7-5-9-33-16/h5,7,9,11-12,15H,4,6,8,10,13H2,1-3H3,(H,22,30)(H,25,29). The van der Waals surface area contributed by atoms with Gasteiger partial charge in [0.25, 0.3) is 5.91 Å². The van der Waals surface area contributed by atoms with Crippen molar-refractivity contribution in [3.8, 4) is 0 Å². The summed E-state index contributed by atoms with van der Waals surface area (Å²) in [5.74, 6) is -0.768. The van der Waals surface area contributed by atoms with Crippen molar-refractivity contribution in [2.75, 3.05) is 18.4 Å². The molecule has 1 unspecified atom stereocenters. The van der Waals surface area contributed by atoms with Crippen molar-refractivity contribution in [3.05, 3.63) is 47.9 Å². The molecule has 0 aromatic carbocycles. The molecule has 4 heterocycles. The highest BCUT2D eigenvalue weighted by Gasteiger charge is 2.35. The van der Waals surface area contributed by atoms with Crippen LogP contribution in [-0.4, -0.2) is 57.2 Å². The number of hydrogen-bond donors (Lipinski definition) is 2. The van der Waals surface area contributed by atoms with Crippen LogP contribution in [0.1, 0.15) is 34.8 Å². The molecule has 13 heteroatoms. The predicted octanol–water partition coefficient (Wildman–Crippen LogP) is 1.02. The van der Waals surface area contributed by atoms with Crippen molar-refractivity contribution in [2.24, 2.45) is 20.0 Å². The van der Waals surface area contributed by atoms with Crippen LogP contribution in [0.4, 0.5) is 5.69 Å². The Morgan fingerprint density at radius 3 is 2.65 bits per heavy atom. The number of sulfonamides is 1. The molecule has 0 bridgehead atoms. The largest absolute Gasteiger partial charge is 0.467 e. The van der Waals surface area contributed by atoms with Gasteiger partial charge < -0.3 is 15.1 Å². The van der Waals surface area contributed by atoms with Crippen LogP contribution in [0.2, 0.25) is 0 Å². The summed E-state index contributed by atoms with van der Waals surface area (Å²) in [5, 5.41) is 13.6. The van der Waals surface area contributed by atoms with Gasteiger partial charge in [-0.25, -0.2) is 8.42 Å². The number of nitrogens with zero attached hydrogens (tertiary/aromatic N) is 5. The van der Waals surface area contributed by atoms with Crippen molar-refractivity contribution < 1.29 is 22.4 Å². The molecule has 0 saturated carbocycles. The van der Waals surface area contributed by atoms with Gasteiger partial charge in [0.05, 0.1) is 42.5 Å². The fourth-order valence-corrected chi connectivity index (χ4v) is 5.65. The molecule has 2 N–H and O–H groups in total. The molecule has 4 rings (SSSR count). The fraction of sp³-hybridized carbons (Fsp3) is 0.429. The van der Waals surface area contributed by atoms with Gasteiger partial charge in [0.1, 0.15) is 16.3 Å². The van der Waals surface area contributed by atoms with Gasteiger partial charge in [-0.3, -0.25) is 19.0 Å². The van der Waals surface area contributed by atoms with Crippen molar-refractivity contribution in [2.45, 2.75) is 31.2 Å². The Morgan fingerprint density at radius 2 is 1.97 bits per heavy atom. The van der Waals surface area contributed by atoms with Gasteiger partial charge in [-0.2, -0.15) is 14.5 Å². The van der Waals surface area contributed by atoms with Crippen LogP contribution in [0, 0.1) is 12.8 Å². The van der Waals surface area contributed by atoms with Crippen LogP contribution >= 0.6 is 0 Å². The van der Waals surface area contributed by atoms with E-state index in [1.54, 1.807) is 33.2 Å². The number of carbonyl (C=O) groups is 2. The zero-order chi connectivity index (χ0) is 24.5. The van der Waals surface area contributed by atoms with Crippen LogP contribution in [0.5, 0.6) is 0 Å². The molecule has 182 valence electrons. The molecule has 3 aromatic heterocycles. The highest BCUT2D eigenvalue weighted by Crippen LogP contribution is 2.26. The number of hydrogen-bond acceptors (Lipinski definition) is 7. The number of aromatic nitrogens is 4. The molecular formula is C21H27N7O5S. The summed E-state index contributed by atoms with van der Waals surface area (Å²) in [6.45, 7) is 2.25. The maximum Gasteiger partial charge on any atom is 0.272 e. The maximum absolute atomic E-state index is 13.1. The highest BCUT2D eigenvalue weighted by molar-refractivity contribution is 7.89. The lowest BCUT2D eigenvalue weighted by atomic mass is 9.98. The van der Waals surface area contributed by atoms with E-state index in [0.29, 0.717) is 30.8 Å². The van der Waals surface area contributed by atoms with Crippen molar-refractivity contribution >= 4 is 27.5 Å². The summed E-state index contributed by atoms with van der Waals surface area (Å²) >= 11 is 0. The van der Waals surface area contributed by atoms with E-state index in [2.05, 4.69) is 20.8 Å². The molecule has 1 atom stereocenters. The van der Waals surface area contributed by atoms with Crippen LogP contribution in [-0.2, 0) is 35.5 Å². The number of aryl methyl sites for hydroxylation is 2. The summed E-state index contributed by atoms with van der Waals surface area (Å²) in [5.41, 5.74) is 0.978. The van der Waals surface area contributed by atoms with Crippen LogP contribution < -0.4 is 10.6 Å². The molecule has 1 fully saturated rings. The van der Waals surface area contributed by atoms with Crippen molar-refractivity contribution in [1.29, 1.82) is 0 Å². The van der Waals surface area contributed by atoms with Crippen molar-refractivity contribution in [1.82, 2.24) is 29.2 Å². The molecule has 12 nitrogen and oxygen atoms in total. The Kier molecular flexibility index (Phi) is 6.57. The van der Waals surface area contributed by atoms with Crippen LogP contribution in [0.15, 0.2) is 40.1 Å². The quantitative estimate of drug-likeness (QED) is 0.504. The Bertz CT molecular complexity index is 1290. The van der Waals surface area contributed by atoms with Gasteiger partial charge in [-0.1, -0.05) is 0 Å². The maximum atomic E-state index is 13.1. The highest BCUT2D eigenvalue weighted by atomic mass is 32.2. The number of piperidine rings is 1. The number of carbonyl (C=O) groups excluding carboxylic acids is 2. The third kappa shape index (κ3) is 4.61. The molecular weight excluding hydrogens is 462 g/mol. The monoisotopic (exact) mass is 489 g/mol. The van der Waals surface area contributed by atoms with Gasteiger partial charge >= 0.3 is 0 Å². The van der Waals surface area contributed by atoms with E-state index in [-0.39, 0.29) is 35.3 Å². The lowest BCUT2D eigenvalue weighted by Gasteiger charge is -2.31. The average molecular weight is 490 g/mol. The summed E-state index contributed by atoms with van der Waals surface area (Å²) in [6.07, 6.45) is 5.32. The number of nitrogens with one attached hydrogen (secondary N) is 2. The number of rotatable bonds is 7. The number of anilines is 1. The minimum absolute atomic E-state index is 0.0444. The SMILES string of the molecule is Cc1c(S(=O)(=O)N2CCCC(C(=O)Nc3cnn(C)c3C(=O)NCc3ccco3)C2)cnn1C. The third-order valence-electron chi connectivity index (χ3n) is 5.98. The first kappa shape index (κ1) is 23.7. The third-order valence-corrected chi connectivity index (χ3v) is 7.95. The lowest BCUT2D eigenvalue weighted by molar-refractivity contribution is -0.120. The summed E-state index contributed by atoms with van der Waals surface area (Å²) in [7, 11) is -0.500. The van der Waals surface area contributed by atoms with E-state index < -0.39 is 21.8 Å². The molecule has 0 aliphatic carbocycles. The second-order valence-electron chi connectivity index (χ2n) is 8.20. The van der Waals surface area contributed by atoms with E-state index in [9.17, 15) is 18.0 Å². The zero-order valence-corrected chi connectivity index (χ0v) is 20.0. The second kappa shape index (κ2) is 9.43. The molecule has 0 radical (unpaired) electrons. The van der Waals surface area contributed by atoms with Gasteiger partial charge in [0, 0.05) is 27.2 Å². The Balaban J connectivity index is 1.45. The first-order valence-corrected chi connectivity index (χ1v) is 12.2. The second-order valence-corrected chi connectivity index (χ2v) is 10.1. The van der Waals surface area contributed by atoms with Gasteiger partial charge in [0.15, 0.2) is 0 Å². The summed E-state index contributed by atoms with van der Waals surface area (Å²) in [4.78, 5) is 25.9. The smallest absolute Gasteiger partial charge is 0.272 e. The molecule has 1 aliphatic rings. The lowest BCUT2D eigenvalue weighted by Crippen LogP contribution is -2.43. The minimum atomic E-state index is -3.78. The molecule has 2 amide bonds. The first-order chi connectivity index (χ1) is 16.2. The Morgan fingerprint density at radius 1 is 1.21 bits per heavy atom. The number of amides is 2. The molecule has 0 spiro atoms. The van der Waals surface area contributed by atoms with Crippen LogP contribution in [0.25, 0.3) is 0 Å². The fourth-order valence-electron chi connectivity index (χ4n) is 3.94. The van der Waals surface area contributed by atoms with Gasteiger partial charge in [-0.05, 0) is 31.9 Å². The topological polar surface area (TPSA) is 144 Å². The predicted molar refractivity (Wildman–Crippen MR) is 121 cm³/mol. The minimum Gasteiger partial charge on any atom is -0.467 e. The molecule has 34 heavy (non-hydrogen) atoms. The molecule has 3 aromatic rings. The van der Waals surface area contributed by atoms with Gasteiger partial charge in [-0.15, -0.1) is 0 Å². The summed E-state index contributed by atoms with van der Waals surface area (Å²) < 4.78 is 35.7. The first-order valence-electron chi connectivity index (χ1n) is 10.8. The van der Waals surface area contributed by atoms with Crippen molar-refractivity contribution in [3.63, 3.8) is 0 Å². The van der Waals surface area contributed by atoms with E-state index in [0.717, 1.165) is 0 Å². The van der Waals surface area contributed by atoms with E-state index in [1.807, 2.05) is 0 Å². The summed E-state index contributed by atoms with van der Waals surface area (Å²) in [6, 6.07) is 3.46. The normalized spacial score (nSPS) is 17.0. The van der Waals surface area contributed by atoms with Gasteiger partial charge in [0.2, 0.25) is 15.9 Å².